The maximum atomic E-state index is 12.1. The number of amides is 1. The number of rotatable bonds is 2. The van der Waals surface area contributed by atoms with Gasteiger partial charge in [-0.05, 0) is 56.1 Å². The maximum Gasteiger partial charge on any atom is 0.256 e. The van der Waals surface area contributed by atoms with E-state index in [1.54, 1.807) is 24.5 Å². The molecule has 1 aromatic carbocycles. The highest BCUT2D eigenvalue weighted by Crippen LogP contribution is 2.23. The molecule has 0 aliphatic carbocycles. The number of nitrogens with zero attached hydrogens (tertiary/aromatic N) is 1. The van der Waals surface area contributed by atoms with Gasteiger partial charge in [0, 0.05) is 19.6 Å². The van der Waals surface area contributed by atoms with Gasteiger partial charge in [0.15, 0.2) is 0 Å². The third-order valence-electron chi connectivity index (χ3n) is 2.14. The summed E-state index contributed by atoms with van der Waals surface area (Å²) in [5, 5.41) is 2.78. The van der Waals surface area contributed by atoms with Crippen molar-refractivity contribution >= 4 is 59.4 Å². The lowest BCUT2D eigenvalue weighted by Crippen LogP contribution is -2.12. The summed E-state index contributed by atoms with van der Waals surface area (Å²) in [6.07, 6.45) is 3.25. The summed E-state index contributed by atoms with van der Waals surface area (Å²) in [5.74, 6) is -0.192. The highest BCUT2D eigenvalue weighted by Gasteiger charge is 2.11. The van der Waals surface area contributed by atoms with Crippen molar-refractivity contribution in [2.45, 2.75) is 0 Å². The zero-order valence-corrected chi connectivity index (χ0v) is 13.7. The van der Waals surface area contributed by atoms with E-state index < -0.39 is 0 Å². The monoisotopic (exact) mass is 432 g/mol. The minimum atomic E-state index is -0.192. The molecule has 6 heteroatoms. The summed E-state index contributed by atoms with van der Waals surface area (Å²) >= 11 is 10.00. The number of aromatic nitrogens is 1. The van der Waals surface area contributed by atoms with Gasteiger partial charge in [0.05, 0.1) is 17.4 Å². The van der Waals surface area contributed by atoms with Gasteiger partial charge < -0.3 is 5.32 Å². The minimum absolute atomic E-state index is 0.192. The van der Waals surface area contributed by atoms with Crippen LogP contribution in [0.2, 0.25) is 0 Å². The molecule has 0 bridgehead atoms. The molecule has 0 atom stereocenters. The number of hydrogen-bond donors (Lipinski definition) is 1. The largest absolute Gasteiger partial charge is 0.321 e. The van der Waals surface area contributed by atoms with E-state index in [1.807, 2.05) is 12.1 Å². The molecular formula is C12H7Br3N2O. The first-order chi connectivity index (χ1) is 8.56. The molecule has 0 saturated heterocycles. The summed E-state index contributed by atoms with van der Waals surface area (Å²) in [6, 6.07) is 7.22. The predicted molar refractivity (Wildman–Crippen MR) is 81.7 cm³/mol. The van der Waals surface area contributed by atoms with E-state index in [1.165, 1.54) is 0 Å². The smallest absolute Gasteiger partial charge is 0.256 e. The van der Waals surface area contributed by atoms with E-state index in [2.05, 4.69) is 58.1 Å². The fourth-order valence-electron chi connectivity index (χ4n) is 1.35. The van der Waals surface area contributed by atoms with Crippen LogP contribution in [0.15, 0.2) is 50.1 Å². The summed E-state index contributed by atoms with van der Waals surface area (Å²) in [7, 11) is 0. The molecule has 1 N–H and O–H groups in total. The van der Waals surface area contributed by atoms with Crippen LogP contribution in [0.4, 0.5) is 5.69 Å². The van der Waals surface area contributed by atoms with Crippen LogP contribution in [0.3, 0.4) is 0 Å². The van der Waals surface area contributed by atoms with Gasteiger partial charge >= 0.3 is 0 Å². The molecule has 2 rings (SSSR count). The van der Waals surface area contributed by atoms with Crippen LogP contribution in [0.5, 0.6) is 0 Å². The Morgan fingerprint density at radius 3 is 2.56 bits per heavy atom. The fraction of sp³-hybridized carbons (Fsp3) is 0. The Hall–Kier alpha value is -0.720. The molecular weight excluding hydrogens is 428 g/mol. The highest BCUT2D eigenvalue weighted by molar-refractivity contribution is 9.11. The van der Waals surface area contributed by atoms with Crippen molar-refractivity contribution in [3.63, 3.8) is 0 Å². The average molecular weight is 435 g/mol. The number of hydrogen-bond acceptors (Lipinski definition) is 2. The molecule has 1 amide bonds. The third kappa shape index (κ3) is 3.40. The Morgan fingerprint density at radius 1 is 1.06 bits per heavy atom. The van der Waals surface area contributed by atoms with Crippen molar-refractivity contribution in [3.8, 4) is 0 Å². The second-order valence-corrected chi connectivity index (χ2v) is 6.16. The Balaban J connectivity index is 2.24. The minimum Gasteiger partial charge on any atom is -0.321 e. The lowest BCUT2D eigenvalue weighted by Gasteiger charge is -2.07. The first-order valence-corrected chi connectivity index (χ1v) is 7.31. The Morgan fingerprint density at radius 2 is 1.83 bits per heavy atom. The van der Waals surface area contributed by atoms with Crippen LogP contribution in [0.1, 0.15) is 10.4 Å². The Labute approximate surface area is 129 Å². The molecule has 2 aromatic rings. The maximum absolute atomic E-state index is 12.1. The van der Waals surface area contributed by atoms with Crippen LogP contribution < -0.4 is 5.32 Å². The lowest BCUT2D eigenvalue weighted by atomic mass is 10.2. The lowest BCUT2D eigenvalue weighted by molar-refractivity contribution is 0.102. The molecule has 92 valence electrons. The molecule has 1 heterocycles. The quantitative estimate of drug-likeness (QED) is 0.749. The van der Waals surface area contributed by atoms with Crippen LogP contribution in [-0.2, 0) is 0 Å². The van der Waals surface area contributed by atoms with Gasteiger partial charge in [-0.15, -0.1) is 0 Å². The number of nitrogens with one attached hydrogen (secondary N) is 1. The van der Waals surface area contributed by atoms with Crippen molar-refractivity contribution < 1.29 is 4.79 Å². The van der Waals surface area contributed by atoms with E-state index in [0.29, 0.717) is 11.3 Å². The number of pyridine rings is 1. The van der Waals surface area contributed by atoms with E-state index in [4.69, 9.17) is 0 Å². The second kappa shape index (κ2) is 5.95. The molecule has 3 nitrogen and oxygen atoms in total. The molecule has 0 aliphatic rings. The highest BCUT2D eigenvalue weighted by atomic mass is 79.9. The van der Waals surface area contributed by atoms with E-state index in [-0.39, 0.29) is 5.91 Å². The van der Waals surface area contributed by atoms with Gasteiger partial charge in [0.1, 0.15) is 0 Å². The first kappa shape index (κ1) is 13.7. The summed E-state index contributed by atoms with van der Waals surface area (Å²) in [6.45, 7) is 0. The van der Waals surface area contributed by atoms with Crippen LogP contribution >= 0.6 is 47.8 Å². The topological polar surface area (TPSA) is 42.0 Å². The second-order valence-electron chi connectivity index (χ2n) is 3.47. The zero-order chi connectivity index (χ0) is 13.1. The molecule has 0 spiro atoms. The third-order valence-corrected chi connectivity index (χ3v) is 3.75. The summed E-state index contributed by atoms with van der Waals surface area (Å²) in [4.78, 5) is 16.1. The number of carbonyl (C=O) groups excluding carboxylic acids is 1. The molecule has 0 fully saturated rings. The van der Waals surface area contributed by atoms with Gasteiger partial charge in [0.25, 0.3) is 5.91 Å². The number of anilines is 1. The van der Waals surface area contributed by atoms with Gasteiger partial charge in [-0.1, -0.05) is 15.9 Å². The van der Waals surface area contributed by atoms with Crippen LogP contribution in [0.25, 0.3) is 0 Å². The van der Waals surface area contributed by atoms with Gasteiger partial charge in [-0.2, -0.15) is 0 Å². The molecule has 0 radical (unpaired) electrons. The first-order valence-electron chi connectivity index (χ1n) is 4.93. The van der Waals surface area contributed by atoms with Crippen molar-refractivity contribution in [1.29, 1.82) is 0 Å². The van der Waals surface area contributed by atoms with Crippen molar-refractivity contribution in [3.05, 3.63) is 55.6 Å². The average Bonchev–Trinajstić information content (AvgIpc) is 2.32. The SMILES string of the molecule is O=C(Nc1cncc(Br)c1)c1cc(Br)ccc1Br. The van der Waals surface area contributed by atoms with Gasteiger partial charge in [0.2, 0.25) is 0 Å². The van der Waals surface area contributed by atoms with E-state index >= 15 is 0 Å². The molecule has 1 aromatic heterocycles. The molecule has 0 aliphatic heterocycles. The number of carbonyl (C=O) groups is 1. The Kier molecular flexibility index (Phi) is 4.53. The molecule has 0 unspecified atom stereocenters. The standard InChI is InChI=1S/C12H7Br3N2O/c13-7-1-2-11(15)10(4-7)12(18)17-9-3-8(14)5-16-6-9/h1-6H,(H,17,18). The number of benzene rings is 1. The fourth-order valence-corrected chi connectivity index (χ4v) is 2.50. The molecule has 0 saturated carbocycles. The van der Waals surface area contributed by atoms with Crippen molar-refractivity contribution in [2.24, 2.45) is 0 Å². The summed E-state index contributed by atoms with van der Waals surface area (Å²) in [5.41, 5.74) is 1.20. The summed E-state index contributed by atoms with van der Waals surface area (Å²) < 4.78 is 2.41. The molecule has 18 heavy (non-hydrogen) atoms. The van der Waals surface area contributed by atoms with Gasteiger partial charge in [-0.25, -0.2) is 0 Å². The number of halogens is 3. The van der Waals surface area contributed by atoms with E-state index in [9.17, 15) is 4.79 Å². The van der Waals surface area contributed by atoms with Crippen molar-refractivity contribution in [2.75, 3.05) is 5.32 Å². The van der Waals surface area contributed by atoms with E-state index in [0.717, 1.165) is 13.4 Å². The normalized spacial score (nSPS) is 10.2. The zero-order valence-electron chi connectivity index (χ0n) is 8.95. The Bertz CT molecular complexity index is 602. The van der Waals surface area contributed by atoms with Crippen LogP contribution in [-0.4, -0.2) is 10.9 Å². The van der Waals surface area contributed by atoms with Gasteiger partial charge in [-0.3, -0.25) is 9.78 Å². The predicted octanol–water partition coefficient (Wildman–Crippen LogP) is 4.62. The van der Waals surface area contributed by atoms with Crippen molar-refractivity contribution in [1.82, 2.24) is 4.98 Å². The van der Waals surface area contributed by atoms with Crippen LogP contribution in [0, 0.1) is 0 Å².